The van der Waals surface area contributed by atoms with Crippen molar-refractivity contribution >= 4 is 29.0 Å². The zero-order valence-electron chi connectivity index (χ0n) is 19.1. The Hall–Kier alpha value is -3.81. The molecule has 1 aromatic heterocycles. The molecule has 0 radical (unpaired) electrons. The van der Waals surface area contributed by atoms with Gasteiger partial charge in [-0.3, -0.25) is 0 Å². The van der Waals surface area contributed by atoms with Crippen LogP contribution in [0.4, 0.5) is 5.69 Å². The lowest BCUT2D eigenvalue weighted by molar-refractivity contribution is 0.0600. The number of hydrogen-bond donors (Lipinski definition) is 2. The molecule has 2 fully saturated rings. The van der Waals surface area contributed by atoms with Gasteiger partial charge in [0.15, 0.2) is 22.4 Å². The number of benzene rings is 2. The van der Waals surface area contributed by atoms with Crippen LogP contribution in [-0.2, 0) is 14.2 Å². The van der Waals surface area contributed by atoms with E-state index in [-0.39, 0.29) is 31.1 Å². The summed E-state index contributed by atoms with van der Waals surface area (Å²) < 4.78 is 29.6. The lowest BCUT2D eigenvalue weighted by Gasteiger charge is -2.20. The molecule has 2 saturated heterocycles. The maximum absolute atomic E-state index is 11.8. The standard InChI is InChI=1S/C23H22N6O6S/c1-31-22(30)13-3-2-4-14(7-13)24-23(36)25-15-9-32-20-16(10-33-19(15)20)29-21(26-27-28-29)12-5-6-17-18(8-12)35-11-34-17/h2-8,15-16,19-20H,9-11H2,1H3,(H2,24,25,36). The molecule has 0 bridgehead atoms. The molecule has 6 rings (SSSR count). The summed E-state index contributed by atoms with van der Waals surface area (Å²) >= 11 is 5.49. The third-order valence-corrected chi connectivity index (χ3v) is 6.54. The van der Waals surface area contributed by atoms with Crippen LogP contribution in [0.1, 0.15) is 16.4 Å². The second kappa shape index (κ2) is 9.33. The summed E-state index contributed by atoms with van der Waals surface area (Å²) in [6.45, 7) is 0.981. The zero-order chi connectivity index (χ0) is 24.6. The van der Waals surface area contributed by atoms with E-state index in [1.807, 2.05) is 24.3 Å². The van der Waals surface area contributed by atoms with E-state index in [1.165, 1.54) is 7.11 Å². The summed E-state index contributed by atoms with van der Waals surface area (Å²) in [7, 11) is 1.34. The van der Waals surface area contributed by atoms with E-state index >= 15 is 0 Å². The second-order valence-corrected chi connectivity index (χ2v) is 8.86. The van der Waals surface area contributed by atoms with Crippen LogP contribution in [0.2, 0.25) is 0 Å². The average Bonchev–Trinajstić information content (AvgIpc) is 3.68. The molecule has 4 atom stereocenters. The number of ether oxygens (including phenoxy) is 5. The van der Waals surface area contributed by atoms with Gasteiger partial charge >= 0.3 is 5.97 Å². The highest BCUT2D eigenvalue weighted by atomic mass is 32.1. The normalized spacial score (nSPS) is 23.8. The van der Waals surface area contributed by atoms with Crippen LogP contribution in [-0.4, -0.2) is 76.7 Å². The van der Waals surface area contributed by atoms with Crippen LogP contribution in [0.25, 0.3) is 11.4 Å². The Kier molecular flexibility index (Phi) is 5.87. The van der Waals surface area contributed by atoms with Gasteiger partial charge < -0.3 is 34.3 Å². The fraction of sp³-hybridized carbons (Fsp3) is 0.348. The van der Waals surface area contributed by atoms with Crippen molar-refractivity contribution in [1.82, 2.24) is 25.5 Å². The van der Waals surface area contributed by atoms with E-state index in [0.717, 1.165) is 5.56 Å². The summed E-state index contributed by atoms with van der Waals surface area (Å²) in [5, 5.41) is 19.1. The first-order valence-electron chi connectivity index (χ1n) is 11.3. The fourth-order valence-electron chi connectivity index (χ4n) is 4.63. The van der Waals surface area contributed by atoms with E-state index in [9.17, 15) is 4.79 Å². The Morgan fingerprint density at radius 1 is 1.11 bits per heavy atom. The molecule has 186 valence electrons. The van der Waals surface area contributed by atoms with Crippen molar-refractivity contribution in [2.45, 2.75) is 24.3 Å². The van der Waals surface area contributed by atoms with Crippen LogP contribution < -0.4 is 20.1 Å². The van der Waals surface area contributed by atoms with Gasteiger partial charge in [-0.2, -0.15) is 0 Å². The molecule has 4 unspecified atom stereocenters. The third-order valence-electron chi connectivity index (χ3n) is 6.32. The number of thiocarbonyl (C=S) groups is 1. The van der Waals surface area contributed by atoms with Gasteiger partial charge in [-0.1, -0.05) is 6.07 Å². The van der Waals surface area contributed by atoms with Gasteiger partial charge in [0.2, 0.25) is 6.79 Å². The minimum Gasteiger partial charge on any atom is -0.465 e. The van der Waals surface area contributed by atoms with Gasteiger partial charge in [-0.15, -0.1) is 5.10 Å². The molecule has 12 nitrogen and oxygen atoms in total. The van der Waals surface area contributed by atoms with Crippen molar-refractivity contribution in [3.63, 3.8) is 0 Å². The molecule has 0 spiro atoms. The quantitative estimate of drug-likeness (QED) is 0.381. The average molecular weight is 511 g/mol. The van der Waals surface area contributed by atoms with Crippen LogP contribution in [0.15, 0.2) is 42.5 Å². The van der Waals surface area contributed by atoms with Crippen molar-refractivity contribution in [2.24, 2.45) is 0 Å². The smallest absolute Gasteiger partial charge is 0.337 e. The van der Waals surface area contributed by atoms with E-state index in [1.54, 1.807) is 22.9 Å². The van der Waals surface area contributed by atoms with E-state index in [4.69, 9.17) is 35.9 Å². The summed E-state index contributed by atoms with van der Waals surface area (Å²) in [5.41, 5.74) is 1.90. The first-order chi connectivity index (χ1) is 17.6. The summed E-state index contributed by atoms with van der Waals surface area (Å²) in [4.78, 5) is 11.8. The number of anilines is 1. The van der Waals surface area contributed by atoms with Gasteiger partial charge in [-0.25, -0.2) is 9.48 Å². The first kappa shape index (κ1) is 22.6. The number of esters is 1. The van der Waals surface area contributed by atoms with Gasteiger partial charge in [-0.05, 0) is 59.0 Å². The van der Waals surface area contributed by atoms with Gasteiger partial charge in [0, 0.05) is 11.3 Å². The monoisotopic (exact) mass is 510 g/mol. The fourth-order valence-corrected chi connectivity index (χ4v) is 4.90. The van der Waals surface area contributed by atoms with E-state index in [0.29, 0.717) is 46.9 Å². The number of nitrogens with one attached hydrogen (secondary N) is 2. The molecule has 36 heavy (non-hydrogen) atoms. The minimum absolute atomic E-state index is 0.172. The lowest BCUT2D eigenvalue weighted by Crippen LogP contribution is -2.45. The second-order valence-electron chi connectivity index (χ2n) is 8.46. The van der Waals surface area contributed by atoms with Crippen molar-refractivity contribution in [3.8, 4) is 22.9 Å². The number of carbonyl (C=O) groups excluding carboxylic acids is 1. The van der Waals surface area contributed by atoms with Crippen molar-refractivity contribution in [2.75, 3.05) is 32.4 Å². The Morgan fingerprint density at radius 3 is 2.86 bits per heavy atom. The predicted octanol–water partition coefficient (Wildman–Crippen LogP) is 1.55. The maximum atomic E-state index is 11.8. The van der Waals surface area contributed by atoms with Crippen LogP contribution >= 0.6 is 12.2 Å². The van der Waals surface area contributed by atoms with E-state index < -0.39 is 5.97 Å². The molecule has 3 aliphatic heterocycles. The number of methoxy groups -OCH3 is 1. The highest BCUT2D eigenvalue weighted by Gasteiger charge is 2.49. The Labute approximate surface area is 210 Å². The number of carbonyl (C=O) groups is 1. The van der Waals surface area contributed by atoms with Gasteiger partial charge in [0.1, 0.15) is 18.2 Å². The highest BCUT2D eigenvalue weighted by molar-refractivity contribution is 7.80. The van der Waals surface area contributed by atoms with Gasteiger partial charge in [0.25, 0.3) is 0 Å². The largest absolute Gasteiger partial charge is 0.465 e. The molecule has 0 saturated carbocycles. The lowest BCUT2D eigenvalue weighted by atomic mass is 10.1. The minimum atomic E-state index is -0.419. The molecule has 4 heterocycles. The van der Waals surface area contributed by atoms with Crippen molar-refractivity contribution in [3.05, 3.63) is 48.0 Å². The Balaban J connectivity index is 1.13. The summed E-state index contributed by atoms with van der Waals surface area (Å²) in [5.74, 6) is 1.52. The van der Waals surface area contributed by atoms with Crippen molar-refractivity contribution in [1.29, 1.82) is 0 Å². The van der Waals surface area contributed by atoms with Crippen LogP contribution in [0.3, 0.4) is 0 Å². The zero-order valence-corrected chi connectivity index (χ0v) is 19.9. The number of hydrogen-bond acceptors (Lipinski definition) is 10. The number of aromatic nitrogens is 4. The predicted molar refractivity (Wildman–Crippen MR) is 129 cm³/mol. The SMILES string of the molecule is COC(=O)c1cccc(NC(=S)NC2COC3C2OCC3n2nnnc2-c2ccc3c(c2)OCO3)c1. The third kappa shape index (κ3) is 4.10. The maximum Gasteiger partial charge on any atom is 0.337 e. The van der Waals surface area contributed by atoms with Crippen LogP contribution in [0, 0.1) is 0 Å². The first-order valence-corrected chi connectivity index (χ1v) is 11.7. The molecular formula is C23H22N6O6S. The Bertz CT molecular complexity index is 1320. The summed E-state index contributed by atoms with van der Waals surface area (Å²) in [6.07, 6.45) is -0.505. The Morgan fingerprint density at radius 2 is 1.97 bits per heavy atom. The van der Waals surface area contributed by atoms with Gasteiger partial charge in [0.05, 0.1) is 31.9 Å². The molecule has 0 aliphatic carbocycles. The number of tetrazole rings is 1. The number of rotatable bonds is 5. The number of fused-ring (bicyclic) bond motifs is 2. The molecule has 2 aromatic carbocycles. The highest BCUT2D eigenvalue weighted by Crippen LogP contribution is 2.38. The van der Waals surface area contributed by atoms with E-state index in [2.05, 4.69) is 26.2 Å². The molecule has 2 N–H and O–H groups in total. The molecule has 3 aromatic rings. The molecule has 3 aliphatic rings. The van der Waals surface area contributed by atoms with Crippen molar-refractivity contribution < 1.29 is 28.5 Å². The van der Waals surface area contributed by atoms with Crippen LogP contribution in [0.5, 0.6) is 11.5 Å². The number of nitrogens with zero attached hydrogens (tertiary/aromatic N) is 4. The summed E-state index contributed by atoms with van der Waals surface area (Å²) in [6, 6.07) is 12.1. The molecule has 13 heteroatoms. The molecule has 0 amide bonds. The molecular weight excluding hydrogens is 488 g/mol. The topological polar surface area (TPSA) is 131 Å².